The molecule has 1 atom stereocenters. The summed E-state index contributed by atoms with van der Waals surface area (Å²) in [6.45, 7) is 4.31. The zero-order valence-corrected chi connectivity index (χ0v) is 20.7. The minimum Gasteiger partial charge on any atom is -0.493 e. The van der Waals surface area contributed by atoms with Crippen LogP contribution in [0.1, 0.15) is 25.3 Å². The van der Waals surface area contributed by atoms with Crippen molar-refractivity contribution < 1.29 is 19.0 Å². The maximum Gasteiger partial charge on any atom is 0.310 e. The summed E-state index contributed by atoms with van der Waals surface area (Å²) in [6, 6.07) is 3.92. The van der Waals surface area contributed by atoms with E-state index in [9.17, 15) is 4.79 Å². The Hall–Kier alpha value is -1.23. The van der Waals surface area contributed by atoms with E-state index in [0.29, 0.717) is 31.2 Å². The number of ether oxygens (including phenoxy) is 3. The lowest BCUT2D eigenvalue weighted by atomic mass is 9.98. The normalized spacial score (nSPS) is 16.8. The zero-order valence-electron chi connectivity index (χ0n) is 16.8. The minimum atomic E-state index is -0.124. The maximum absolute atomic E-state index is 12.1. The number of nitrogens with zero attached hydrogens (tertiary/aromatic N) is 2. The third-order valence-corrected chi connectivity index (χ3v) is 5.09. The molecule has 1 unspecified atom stereocenters. The van der Waals surface area contributed by atoms with Gasteiger partial charge in [-0.1, -0.05) is 0 Å². The van der Waals surface area contributed by atoms with Crippen LogP contribution in [0.25, 0.3) is 0 Å². The molecule has 1 aliphatic heterocycles. The number of rotatable bonds is 6. The van der Waals surface area contributed by atoms with E-state index in [1.165, 1.54) is 0 Å². The van der Waals surface area contributed by atoms with Crippen molar-refractivity contribution in [2.45, 2.75) is 26.3 Å². The monoisotopic (exact) mass is 569 g/mol. The van der Waals surface area contributed by atoms with Crippen molar-refractivity contribution in [1.82, 2.24) is 10.2 Å². The second-order valence-electron chi connectivity index (χ2n) is 6.25. The van der Waals surface area contributed by atoms with E-state index in [4.69, 9.17) is 14.2 Å². The minimum absolute atomic E-state index is 0. The number of halogens is 2. The lowest BCUT2D eigenvalue weighted by molar-refractivity contribution is -0.149. The molecule has 1 aliphatic rings. The molecule has 1 N–H and O–H groups in total. The van der Waals surface area contributed by atoms with Gasteiger partial charge in [0.15, 0.2) is 17.5 Å². The molecular formula is C19H29BrIN3O4. The summed E-state index contributed by atoms with van der Waals surface area (Å²) in [5.74, 6) is 1.88. The van der Waals surface area contributed by atoms with Gasteiger partial charge in [-0.15, -0.1) is 24.0 Å². The Morgan fingerprint density at radius 1 is 1.36 bits per heavy atom. The molecule has 7 nitrogen and oxygen atoms in total. The number of carbonyl (C=O) groups excluding carboxylic acids is 1. The van der Waals surface area contributed by atoms with Gasteiger partial charge in [-0.2, -0.15) is 0 Å². The van der Waals surface area contributed by atoms with Crippen molar-refractivity contribution in [2.24, 2.45) is 10.9 Å². The zero-order chi connectivity index (χ0) is 19.8. The van der Waals surface area contributed by atoms with Gasteiger partial charge in [0.2, 0.25) is 0 Å². The van der Waals surface area contributed by atoms with Crippen LogP contribution in [0.2, 0.25) is 0 Å². The van der Waals surface area contributed by atoms with Crippen LogP contribution >= 0.6 is 39.9 Å². The number of benzene rings is 1. The van der Waals surface area contributed by atoms with Gasteiger partial charge in [0.1, 0.15) is 0 Å². The predicted molar refractivity (Wildman–Crippen MR) is 124 cm³/mol. The summed E-state index contributed by atoms with van der Waals surface area (Å²) in [5.41, 5.74) is 1.03. The fourth-order valence-electron chi connectivity index (χ4n) is 3.21. The fourth-order valence-corrected chi connectivity index (χ4v) is 3.86. The summed E-state index contributed by atoms with van der Waals surface area (Å²) in [5, 5.41) is 3.37. The summed E-state index contributed by atoms with van der Waals surface area (Å²) >= 11 is 3.51. The lowest BCUT2D eigenvalue weighted by Gasteiger charge is -2.34. The molecule has 1 aromatic rings. The van der Waals surface area contributed by atoms with Crippen molar-refractivity contribution in [3.8, 4) is 11.5 Å². The van der Waals surface area contributed by atoms with Crippen LogP contribution in [0.5, 0.6) is 11.5 Å². The molecule has 1 fully saturated rings. The van der Waals surface area contributed by atoms with Gasteiger partial charge < -0.3 is 24.4 Å². The van der Waals surface area contributed by atoms with Gasteiger partial charge in [0, 0.05) is 26.7 Å². The molecule has 9 heteroatoms. The summed E-state index contributed by atoms with van der Waals surface area (Å²) in [7, 11) is 4.98. The van der Waals surface area contributed by atoms with E-state index in [0.717, 1.165) is 35.4 Å². The van der Waals surface area contributed by atoms with Crippen LogP contribution in [-0.2, 0) is 16.1 Å². The van der Waals surface area contributed by atoms with Crippen molar-refractivity contribution in [3.05, 3.63) is 22.2 Å². The molecule has 0 aromatic heterocycles. The number of nitrogens with one attached hydrogen (secondary N) is 1. The van der Waals surface area contributed by atoms with Crippen LogP contribution in [-0.4, -0.2) is 57.8 Å². The van der Waals surface area contributed by atoms with E-state index < -0.39 is 0 Å². The van der Waals surface area contributed by atoms with Crippen molar-refractivity contribution in [3.63, 3.8) is 0 Å². The number of methoxy groups -OCH3 is 2. The molecule has 1 saturated heterocycles. The third kappa shape index (κ3) is 6.40. The molecule has 1 aromatic carbocycles. The standard InChI is InChI=1S/C19H28BrN3O4.HI/c1-5-27-18(24)14-7-6-8-23(12-14)19(21-2)22-11-13-9-15(20)17(26-4)16(10-13)25-3;/h9-10,14H,5-8,11-12H2,1-4H3,(H,21,22);1H. The van der Waals surface area contributed by atoms with E-state index in [-0.39, 0.29) is 35.9 Å². The van der Waals surface area contributed by atoms with E-state index in [1.807, 2.05) is 19.1 Å². The van der Waals surface area contributed by atoms with Gasteiger partial charge in [0.25, 0.3) is 0 Å². The SMILES string of the molecule is CCOC(=O)C1CCCN(C(=NC)NCc2cc(Br)c(OC)c(OC)c2)C1.I. The van der Waals surface area contributed by atoms with Gasteiger partial charge in [-0.05, 0) is 53.4 Å². The van der Waals surface area contributed by atoms with Crippen LogP contribution in [0.3, 0.4) is 0 Å². The van der Waals surface area contributed by atoms with Crippen LogP contribution in [0.4, 0.5) is 0 Å². The third-order valence-electron chi connectivity index (χ3n) is 4.50. The highest BCUT2D eigenvalue weighted by Gasteiger charge is 2.28. The lowest BCUT2D eigenvalue weighted by Crippen LogP contribution is -2.48. The Labute approximate surface area is 192 Å². The van der Waals surface area contributed by atoms with Crippen LogP contribution in [0, 0.1) is 5.92 Å². The average Bonchev–Trinajstić information content (AvgIpc) is 2.68. The first-order valence-electron chi connectivity index (χ1n) is 9.06. The number of hydrogen-bond acceptors (Lipinski definition) is 5. The van der Waals surface area contributed by atoms with E-state index >= 15 is 0 Å². The highest BCUT2D eigenvalue weighted by atomic mass is 127. The molecule has 0 aliphatic carbocycles. The number of aliphatic imine (C=N–C) groups is 1. The van der Waals surface area contributed by atoms with Crippen molar-refractivity contribution in [1.29, 1.82) is 0 Å². The Bertz CT molecular complexity index is 687. The number of guanidine groups is 1. The summed E-state index contributed by atoms with van der Waals surface area (Å²) < 4.78 is 16.8. The molecular weight excluding hydrogens is 541 g/mol. The largest absolute Gasteiger partial charge is 0.493 e. The number of likely N-dealkylation sites (tertiary alicyclic amines) is 1. The average molecular weight is 570 g/mol. The number of hydrogen-bond donors (Lipinski definition) is 1. The molecule has 158 valence electrons. The second kappa shape index (κ2) is 12.4. The molecule has 28 heavy (non-hydrogen) atoms. The highest BCUT2D eigenvalue weighted by Crippen LogP contribution is 2.36. The number of esters is 1. The summed E-state index contributed by atoms with van der Waals surface area (Å²) in [4.78, 5) is 18.6. The quantitative estimate of drug-likeness (QED) is 0.245. The Balaban J connectivity index is 0.00000392. The molecule has 0 amide bonds. The Kier molecular flexibility index (Phi) is 10.9. The fraction of sp³-hybridized carbons (Fsp3) is 0.579. The van der Waals surface area contributed by atoms with Crippen LogP contribution < -0.4 is 14.8 Å². The molecule has 1 heterocycles. The molecule has 0 spiro atoms. The highest BCUT2D eigenvalue weighted by molar-refractivity contribution is 14.0. The van der Waals surface area contributed by atoms with Crippen molar-refractivity contribution in [2.75, 3.05) is 41.0 Å². The Morgan fingerprint density at radius 3 is 2.71 bits per heavy atom. The number of piperidine rings is 1. The molecule has 0 saturated carbocycles. The van der Waals surface area contributed by atoms with Crippen LogP contribution in [0.15, 0.2) is 21.6 Å². The Morgan fingerprint density at radius 2 is 2.11 bits per heavy atom. The maximum atomic E-state index is 12.1. The predicted octanol–water partition coefficient (Wildman–Crippen LogP) is 3.43. The van der Waals surface area contributed by atoms with E-state index in [1.54, 1.807) is 21.3 Å². The number of carbonyl (C=O) groups is 1. The summed E-state index contributed by atoms with van der Waals surface area (Å²) in [6.07, 6.45) is 1.79. The first-order valence-corrected chi connectivity index (χ1v) is 9.85. The smallest absolute Gasteiger partial charge is 0.310 e. The first kappa shape index (κ1) is 24.8. The second-order valence-corrected chi connectivity index (χ2v) is 7.11. The first-order chi connectivity index (χ1) is 13.0. The molecule has 0 radical (unpaired) electrons. The topological polar surface area (TPSA) is 72.4 Å². The van der Waals surface area contributed by atoms with Gasteiger partial charge in [-0.25, -0.2) is 0 Å². The van der Waals surface area contributed by atoms with Gasteiger partial charge >= 0.3 is 5.97 Å². The van der Waals surface area contributed by atoms with Crippen molar-refractivity contribution >= 4 is 51.8 Å². The van der Waals surface area contributed by atoms with Gasteiger partial charge in [-0.3, -0.25) is 9.79 Å². The van der Waals surface area contributed by atoms with Gasteiger partial charge in [0.05, 0.1) is 31.2 Å². The molecule has 2 rings (SSSR count). The van der Waals surface area contributed by atoms with E-state index in [2.05, 4.69) is 31.1 Å². The molecule has 0 bridgehead atoms.